The van der Waals surface area contributed by atoms with Crippen molar-refractivity contribution in [3.63, 3.8) is 0 Å². The number of carboxylic acid groups (broad SMARTS) is 1. The van der Waals surface area contributed by atoms with Crippen molar-refractivity contribution in [2.24, 2.45) is 0 Å². The number of amides is 1. The highest BCUT2D eigenvalue weighted by atomic mass is 32.2. The smallest absolute Gasteiger partial charge is 0.239 e. The maximum atomic E-state index is 11.3. The number of hydrogen-bond donors (Lipinski definition) is 0. The summed E-state index contributed by atoms with van der Waals surface area (Å²) in [7, 11) is 0. The first-order valence-electron chi connectivity index (χ1n) is 4.27. The topological polar surface area (TPSA) is 60.4 Å². The van der Waals surface area contributed by atoms with E-state index in [1.807, 2.05) is 6.92 Å². The van der Waals surface area contributed by atoms with Gasteiger partial charge >= 0.3 is 0 Å². The van der Waals surface area contributed by atoms with Crippen molar-refractivity contribution in [2.45, 2.75) is 25.8 Å². The van der Waals surface area contributed by atoms with Gasteiger partial charge in [0.2, 0.25) is 5.91 Å². The molecule has 14 heavy (non-hydrogen) atoms. The van der Waals surface area contributed by atoms with E-state index in [0.29, 0.717) is 17.2 Å². The molecule has 0 spiro atoms. The van der Waals surface area contributed by atoms with Gasteiger partial charge in [-0.2, -0.15) is 0 Å². The third-order valence-electron chi connectivity index (χ3n) is 1.93. The lowest BCUT2D eigenvalue weighted by molar-refractivity contribution is -0.310. The summed E-state index contributed by atoms with van der Waals surface area (Å²) in [6.45, 7) is 1.85. The van der Waals surface area contributed by atoms with Crippen LogP contribution < -0.4 is 5.11 Å². The maximum Gasteiger partial charge on any atom is 0.239 e. The summed E-state index contributed by atoms with van der Waals surface area (Å²) >= 11 is 6.11. The predicted octanol–water partition coefficient (Wildman–Crippen LogP) is -0.235. The van der Waals surface area contributed by atoms with Crippen molar-refractivity contribution in [1.29, 1.82) is 0 Å². The number of thioether (sulfide) groups is 1. The molecule has 0 N–H and O–H groups in total. The number of carbonyl (C=O) groups excluding carboxylic acids is 2. The van der Waals surface area contributed by atoms with Crippen LogP contribution in [-0.4, -0.2) is 32.9 Å². The highest BCUT2D eigenvalue weighted by Crippen LogP contribution is 2.23. The summed E-state index contributed by atoms with van der Waals surface area (Å²) in [6.07, 6.45) is 1.06. The second-order valence-electron chi connectivity index (χ2n) is 2.94. The lowest BCUT2D eigenvalue weighted by atomic mass is 10.1. The maximum absolute atomic E-state index is 11.3. The van der Waals surface area contributed by atoms with E-state index < -0.39 is 12.0 Å². The largest absolute Gasteiger partial charge is 0.548 e. The third kappa shape index (κ3) is 2.24. The molecule has 1 aliphatic heterocycles. The zero-order chi connectivity index (χ0) is 10.7. The van der Waals surface area contributed by atoms with Crippen LogP contribution in [0.4, 0.5) is 0 Å². The molecule has 4 nitrogen and oxygen atoms in total. The Labute approximate surface area is 91.6 Å². The number of aliphatic carboxylic acids is 1. The van der Waals surface area contributed by atoms with Crippen LogP contribution >= 0.6 is 24.0 Å². The lowest BCUT2D eigenvalue weighted by Crippen LogP contribution is -2.50. The zero-order valence-corrected chi connectivity index (χ0v) is 9.32. The number of carbonyl (C=O) groups is 2. The fraction of sp³-hybridized carbons (Fsp3) is 0.625. The van der Waals surface area contributed by atoms with Crippen LogP contribution in [0.5, 0.6) is 0 Å². The minimum absolute atomic E-state index is 0.234. The van der Waals surface area contributed by atoms with Crippen molar-refractivity contribution in [2.75, 3.05) is 5.75 Å². The number of nitrogens with zero attached hydrogens (tertiary/aromatic N) is 1. The van der Waals surface area contributed by atoms with Gasteiger partial charge in [-0.25, -0.2) is 0 Å². The monoisotopic (exact) mass is 232 g/mol. The summed E-state index contributed by atoms with van der Waals surface area (Å²) in [6, 6.07) is -0.894. The fourth-order valence-corrected chi connectivity index (χ4v) is 2.45. The molecule has 0 aromatic rings. The normalized spacial score (nSPS) is 18.8. The molecular weight excluding hydrogens is 222 g/mol. The summed E-state index contributed by atoms with van der Waals surface area (Å²) in [5, 5.41) is 10.8. The first kappa shape index (κ1) is 11.5. The van der Waals surface area contributed by atoms with Gasteiger partial charge in [0.05, 0.1) is 17.8 Å². The van der Waals surface area contributed by atoms with Crippen LogP contribution in [0.15, 0.2) is 0 Å². The standard InChI is InChI=1S/C8H11NO3S2/c1-2-3-5(7(11)12)9-6(10)4-14-8(9)13/h5H,2-4H2,1H3,(H,11,12)/p-1. The molecule has 1 atom stereocenters. The minimum Gasteiger partial charge on any atom is -0.548 e. The first-order valence-corrected chi connectivity index (χ1v) is 5.67. The van der Waals surface area contributed by atoms with Gasteiger partial charge in [0.1, 0.15) is 4.32 Å². The minimum atomic E-state index is -1.23. The van der Waals surface area contributed by atoms with E-state index in [-0.39, 0.29) is 11.7 Å². The van der Waals surface area contributed by atoms with Gasteiger partial charge in [0.15, 0.2) is 0 Å². The van der Waals surface area contributed by atoms with Crippen LogP contribution in [0.25, 0.3) is 0 Å². The van der Waals surface area contributed by atoms with E-state index in [2.05, 4.69) is 0 Å². The number of carboxylic acids is 1. The molecule has 0 radical (unpaired) electrons. The van der Waals surface area contributed by atoms with Gasteiger partial charge in [-0.05, 0) is 6.42 Å². The molecule has 1 fully saturated rings. The molecular formula is C8H10NO3S2-. The van der Waals surface area contributed by atoms with Gasteiger partial charge in [-0.15, -0.1) is 0 Å². The van der Waals surface area contributed by atoms with Crippen molar-refractivity contribution in [3.8, 4) is 0 Å². The Morgan fingerprint density at radius 2 is 2.43 bits per heavy atom. The lowest BCUT2D eigenvalue weighted by Gasteiger charge is -2.27. The molecule has 6 heteroatoms. The van der Waals surface area contributed by atoms with Crippen molar-refractivity contribution >= 4 is 40.2 Å². The summed E-state index contributed by atoms with van der Waals surface area (Å²) < 4.78 is 0.345. The highest BCUT2D eigenvalue weighted by Gasteiger charge is 2.33. The van der Waals surface area contributed by atoms with Gasteiger partial charge in [0.25, 0.3) is 0 Å². The Hall–Kier alpha value is -0.620. The van der Waals surface area contributed by atoms with Crippen LogP contribution in [0, 0.1) is 0 Å². The quantitative estimate of drug-likeness (QED) is 0.626. The highest BCUT2D eigenvalue weighted by molar-refractivity contribution is 8.23. The van der Waals surface area contributed by atoms with Gasteiger partial charge in [0, 0.05) is 0 Å². The Balaban J connectivity index is 2.81. The van der Waals surface area contributed by atoms with Gasteiger partial charge in [-0.3, -0.25) is 9.69 Å². The number of thiocarbonyl (C=S) groups is 1. The molecule has 0 bridgehead atoms. The Kier molecular flexibility index (Phi) is 3.88. The average molecular weight is 232 g/mol. The zero-order valence-electron chi connectivity index (χ0n) is 7.69. The van der Waals surface area contributed by atoms with E-state index in [1.165, 1.54) is 16.7 Å². The van der Waals surface area contributed by atoms with Crippen molar-refractivity contribution in [1.82, 2.24) is 4.90 Å². The molecule has 0 aliphatic carbocycles. The van der Waals surface area contributed by atoms with Crippen LogP contribution in [-0.2, 0) is 9.59 Å². The molecule has 1 unspecified atom stereocenters. The molecule has 78 valence electrons. The van der Waals surface area contributed by atoms with E-state index in [9.17, 15) is 14.7 Å². The average Bonchev–Trinajstić information content (AvgIpc) is 2.43. The van der Waals surface area contributed by atoms with Crippen LogP contribution in [0.1, 0.15) is 19.8 Å². The molecule has 0 saturated carbocycles. The fourth-order valence-electron chi connectivity index (χ4n) is 1.29. The van der Waals surface area contributed by atoms with E-state index in [1.54, 1.807) is 0 Å². The third-order valence-corrected chi connectivity index (χ3v) is 3.32. The van der Waals surface area contributed by atoms with Gasteiger partial charge in [-0.1, -0.05) is 37.3 Å². The van der Waals surface area contributed by atoms with Crippen molar-refractivity contribution < 1.29 is 14.7 Å². The molecule has 0 aromatic heterocycles. The van der Waals surface area contributed by atoms with Crippen LogP contribution in [0.3, 0.4) is 0 Å². The summed E-state index contributed by atoms with van der Waals surface area (Å²) in [5.74, 6) is -1.22. The van der Waals surface area contributed by atoms with Crippen molar-refractivity contribution in [3.05, 3.63) is 0 Å². The van der Waals surface area contributed by atoms with E-state index in [0.717, 1.165) is 0 Å². The summed E-state index contributed by atoms with van der Waals surface area (Å²) in [5.41, 5.74) is 0. The summed E-state index contributed by atoms with van der Waals surface area (Å²) in [4.78, 5) is 23.3. The number of rotatable bonds is 4. The molecule has 1 heterocycles. The molecule has 1 saturated heterocycles. The Bertz CT molecular complexity index is 264. The Morgan fingerprint density at radius 3 is 2.79 bits per heavy atom. The molecule has 0 aromatic carbocycles. The molecule has 1 aliphatic rings. The number of hydrogen-bond acceptors (Lipinski definition) is 5. The van der Waals surface area contributed by atoms with E-state index in [4.69, 9.17) is 12.2 Å². The van der Waals surface area contributed by atoms with E-state index >= 15 is 0 Å². The second-order valence-corrected chi connectivity index (χ2v) is 4.55. The first-order chi connectivity index (χ1) is 6.57. The predicted molar refractivity (Wildman–Crippen MR) is 55.6 cm³/mol. The Morgan fingerprint density at radius 1 is 1.79 bits per heavy atom. The van der Waals surface area contributed by atoms with Crippen LogP contribution in [0.2, 0.25) is 0 Å². The van der Waals surface area contributed by atoms with Gasteiger partial charge < -0.3 is 9.90 Å². The SMILES string of the molecule is CCCC(C(=O)[O-])N1C(=O)CSC1=S. The molecule has 1 rings (SSSR count). The second kappa shape index (κ2) is 4.75. The molecule has 1 amide bonds.